The van der Waals surface area contributed by atoms with Crippen molar-refractivity contribution >= 4 is 17.5 Å². The van der Waals surface area contributed by atoms with Gasteiger partial charge in [-0.05, 0) is 36.6 Å². The number of hydrogen-bond acceptors (Lipinski definition) is 4. The van der Waals surface area contributed by atoms with Crippen molar-refractivity contribution in [1.82, 2.24) is 15.3 Å². The van der Waals surface area contributed by atoms with Crippen LogP contribution in [0.2, 0.25) is 5.02 Å². The van der Waals surface area contributed by atoms with Crippen LogP contribution in [0, 0.1) is 0 Å². The highest BCUT2D eigenvalue weighted by Gasteiger charge is 2.27. The molecule has 0 radical (unpaired) electrons. The van der Waals surface area contributed by atoms with Crippen LogP contribution >= 0.6 is 11.6 Å². The number of hydrogen-bond donors (Lipinski definition) is 2. The number of benzene rings is 1. The Morgan fingerprint density at radius 3 is 2.73 bits per heavy atom. The molecule has 0 aliphatic heterocycles. The van der Waals surface area contributed by atoms with E-state index in [0.29, 0.717) is 22.2 Å². The molecule has 3 rings (SSSR count). The van der Waals surface area contributed by atoms with Crippen LogP contribution in [0.1, 0.15) is 46.7 Å². The quantitative estimate of drug-likeness (QED) is 0.888. The number of aliphatic hydroxyl groups is 1. The van der Waals surface area contributed by atoms with Gasteiger partial charge in [-0.15, -0.1) is 0 Å². The molecule has 2 N–H and O–H groups in total. The van der Waals surface area contributed by atoms with Crippen LogP contribution in [-0.2, 0) is 0 Å². The van der Waals surface area contributed by atoms with Crippen molar-refractivity contribution in [2.24, 2.45) is 0 Å². The lowest BCUT2D eigenvalue weighted by Gasteiger charge is -2.12. The summed E-state index contributed by atoms with van der Waals surface area (Å²) in [5.41, 5.74) is 1.03. The Labute approximate surface area is 133 Å². The van der Waals surface area contributed by atoms with Gasteiger partial charge < -0.3 is 10.4 Å². The molecule has 0 saturated heterocycles. The van der Waals surface area contributed by atoms with E-state index in [1.54, 1.807) is 36.5 Å². The molecule has 0 spiro atoms. The Morgan fingerprint density at radius 2 is 2.05 bits per heavy atom. The van der Waals surface area contributed by atoms with E-state index < -0.39 is 6.10 Å². The summed E-state index contributed by atoms with van der Waals surface area (Å²) >= 11 is 5.80. The fourth-order valence-electron chi connectivity index (χ4n) is 2.12. The van der Waals surface area contributed by atoms with E-state index in [4.69, 9.17) is 11.6 Å². The number of halogens is 1. The second-order valence-electron chi connectivity index (χ2n) is 5.35. The molecular formula is C16H16ClN3O2. The molecule has 1 aromatic heterocycles. The van der Waals surface area contributed by atoms with Gasteiger partial charge in [0.1, 0.15) is 11.5 Å². The minimum Gasteiger partial charge on any atom is -0.387 e. The van der Waals surface area contributed by atoms with E-state index >= 15 is 0 Å². The number of aromatic nitrogens is 2. The summed E-state index contributed by atoms with van der Waals surface area (Å²) in [6.45, 7) is 0.114. The molecular weight excluding hydrogens is 302 g/mol. The zero-order valence-electron chi connectivity index (χ0n) is 11.9. The third-order valence-electron chi connectivity index (χ3n) is 3.56. The molecule has 1 unspecified atom stereocenters. The van der Waals surface area contributed by atoms with Gasteiger partial charge in [0.25, 0.3) is 5.91 Å². The van der Waals surface area contributed by atoms with Gasteiger partial charge in [-0.3, -0.25) is 4.79 Å². The molecule has 1 aliphatic rings. The summed E-state index contributed by atoms with van der Waals surface area (Å²) in [5, 5.41) is 13.4. The summed E-state index contributed by atoms with van der Waals surface area (Å²) in [5.74, 6) is 0.815. The predicted molar refractivity (Wildman–Crippen MR) is 82.8 cm³/mol. The molecule has 0 bridgehead atoms. The van der Waals surface area contributed by atoms with Gasteiger partial charge in [0.05, 0.1) is 6.10 Å². The molecule has 1 aliphatic carbocycles. The van der Waals surface area contributed by atoms with E-state index in [9.17, 15) is 9.90 Å². The average molecular weight is 318 g/mol. The second-order valence-corrected chi connectivity index (χ2v) is 5.79. The first-order valence-electron chi connectivity index (χ1n) is 7.18. The van der Waals surface area contributed by atoms with Crippen LogP contribution in [0.25, 0.3) is 0 Å². The minimum atomic E-state index is -0.786. The largest absolute Gasteiger partial charge is 0.387 e. The highest BCUT2D eigenvalue weighted by atomic mass is 35.5. The minimum absolute atomic E-state index is 0.114. The van der Waals surface area contributed by atoms with E-state index in [1.807, 2.05) is 0 Å². The van der Waals surface area contributed by atoms with Gasteiger partial charge in [-0.1, -0.05) is 23.7 Å². The van der Waals surface area contributed by atoms with Gasteiger partial charge in [0, 0.05) is 23.7 Å². The number of aliphatic hydroxyl groups excluding tert-OH is 1. The average Bonchev–Trinajstić information content (AvgIpc) is 3.38. The summed E-state index contributed by atoms with van der Waals surface area (Å²) in [4.78, 5) is 20.6. The monoisotopic (exact) mass is 317 g/mol. The van der Waals surface area contributed by atoms with Crippen LogP contribution in [-0.4, -0.2) is 27.5 Å². The molecule has 6 heteroatoms. The first-order chi connectivity index (χ1) is 10.6. The Morgan fingerprint density at radius 1 is 1.32 bits per heavy atom. The van der Waals surface area contributed by atoms with Gasteiger partial charge in [0.15, 0.2) is 0 Å². The van der Waals surface area contributed by atoms with E-state index in [0.717, 1.165) is 18.7 Å². The maximum atomic E-state index is 12.1. The van der Waals surface area contributed by atoms with Crippen molar-refractivity contribution in [3.8, 4) is 0 Å². The summed E-state index contributed by atoms with van der Waals surface area (Å²) in [7, 11) is 0. The highest BCUT2D eigenvalue weighted by Crippen LogP contribution is 2.37. The van der Waals surface area contributed by atoms with Crippen LogP contribution < -0.4 is 5.32 Å². The Bertz CT molecular complexity index is 671. The lowest BCUT2D eigenvalue weighted by molar-refractivity contribution is 0.0911. The Kier molecular flexibility index (Phi) is 4.36. The number of carbonyl (C=O) groups excluding carboxylic acids is 1. The zero-order chi connectivity index (χ0) is 15.5. The molecule has 1 atom stereocenters. The zero-order valence-corrected chi connectivity index (χ0v) is 12.6. The third-order valence-corrected chi connectivity index (χ3v) is 3.81. The van der Waals surface area contributed by atoms with E-state index in [1.165, 1.54) is 0 Å². The van der Waals surface area contributed by atoms with Gasteiger partial charge in [-0.25, -0.2) is 9.97 Å². The number of nitrogens with one attached hydrogen (secondary N) is 1. The first-order valence-corrected chi connectivity index (χ1v) is 7.56. The molecule has 1 aromatic carbocycles. The predicted octanol–water partition coefficient (Wildman–Crippen LogP) is 2.47. The van der Waals surface area contributed by atoms with Crippen LogP contribution in [0.5, 0.6) is 0 Å². The molecule has 1 amide bonds. The van der Waals surface area contributed by atoms with Crippen LogP contribution in [0.3, 0.4) is 0 Å². The number of nitrogens with zero attached hydrogens (tertiary/aromatic N) is 2. The van der Waals surface area contributed by atoms with Crippen molar-refractivity contribution in [2.75, 3.05) is 6.54 Å². The smallest absolute Gasteiger partial charge is 0.270 e. The van der Waals surface area contributed by atoms with Gasteiger partial charge >= 0.3 is 0 Å². The molecule has 22 heavy (non-hydrogen) atoms. The maximum absolute atomic E-state index is 12.1. The van der Waals surface area contributed by atoms with E-state index in [-0.39, 0.29) is 12.5 Å². The second kappa shape index (κ2) is 6.42. The van der Waals surface area contributed by atoms with Crippen molar-refractivity contribution in [3.05, 3.63) is 58.6 Å². The number of carbonyl (C=O) groups is 1. The fraction of sp³-hybridized carbons (Fsp3) is 0.312. The van der Waals surface area contributed by atoms with Gasteiger partial charge in [0.2, 0.25) is 0 Å². The lowest BCUT2D eigenvalue weighted by atomic mass is 10.1. The molecule has 1 heterocycles. The van der Waals surface area contributed by atoms with Crippen molar-refractivity contribution in [2.45, 2.75) is 24.9 Å². The molecule has 114 valence electrons. The third kappa shape index (κ3) is 3.61. The summed E-state index contributed by atoms with van der Waals surface area (Å²) < 4.78 is 0. The normalized spacial score (nSPS) is 15.4. The number of rotatable bonds is 5. The van der Waals surface area contributed by atoms with Crippen LogP contribution in [0.4, 0.5) is 0 Å². The van der Waals surface area contributed by atoms with Gasteiger partial charge in [-0.2, -0.15) is 0 Å². The SMILES string of the molecule is O=C(NCC(O)c1ccc(Cl)cc1)c1ccnc(C2CC2)n1. The Hall–Kier alpha value is -1.98. The molecule has 1 fully saturated rings. The first kappa shape index (κ1) is 14.9. The summed E-state index contributed by atoms with van der Waals surface area (Å²) in [6, 6.07) is 8.45. The van der Waals surface area contributed by atoms with E-state index in [2.05, 4.69) is 15.3 Å². The number of amides is 1. The summed E-state index contributed by atoms with van der Waals surface area (Å²) in [6.07, 6.45) is 2.98. The molecule has 1 saturated carbocycles. The molecule has 5 nitrogen and oxygen atoms in total. The standard InChI is InChI=1S/C16H16ClN3O2/c17-12-5-3-10(4-6-12)14(21)9-19-16(22)13-7-8-18-15(20-13)11-1-2-11/h3-8,11,14,21H,1-2,9H2,(H,19,22). The molecule has 2 aromatic rings. The van der Waals surface area contributed by atoms with Crippen LogP contribution in [0.15, 0.2) is 36.5 Å². The highest BCUT2D eigenvalue weighted by molar-refractivity contribution is 6.30. The maximum Gasteiger partial charge on any atom is 0.270 e. The van der Waals surface area contributed by atoms with Crippen molar-refractivity contribution in [1.29, 1.82) is 0 Å². The van der Waals surface area contributed by atoms with Crippen molar-refractivity contribution in [3.63, 3.8) is 0 Å². The lowest BCUT2D eigenvalue weighted by Crippen LogP contribution is -2.29. The topological polar surface area (TPSA) is 75.1 Å². The Balaban J connectivity index is 1.59. The fourth-order valence-corrected chi connectivity index (χ4v) is 2.25. The van der Waals surface area contributed by atoms with Crippen molar-refractivity contribution < 1.29 is 9.90 Å².